The Morgan fingerprint density at radius 1 is 1.44 bits per heavy atom. The normalized spacial score (nSPS) is 35.4. The molecule has 2 amide bonds. The minimum absolute atomic E-state index is 0.0130. The number of nitrogens with zero attached hydrogens (tertiary/aromatic N) is 1. The molecule has 0 radical (unpaired) electrons. The second-order valence-electron chi connectivity index (χ2n) is 4.63. The maximum atomic E-state index is 11.9. The van der Waals surface area contributed by atoms with Crippen molar-refractivity contribution < 1.29 is 14.3 Å². The predicted octanol–water partition coefficient (Wildman–Crippen LogP) is -0.242. The monoisotopic (exact) mass is 226 g/mol. The Labute approximate surface area is 95.1 Å². The fourth-order valence-corrected chi connectivity index (χ4v) is 2.23. The van der Waals surface area contributed by atoms with Crippen molar-refractivity contribution in [2.45, 2.75) is 32.4 Å². The maximum Gasteiger partial charge on any atom is 0.245 e. The molecule has 2 aliphatic heterocycles. The molecule has 0 aromatic carbocycles. The highest BCUT2D eigenvalue weighted by molar-refractivity contribution is 5.96. The van der Waals surface area contributed by atoms with Gasteiger partial charge in [-0.2, -0.15) is 0 Å². The van der Waals surface area contributed by atoms with Crippen LogP contribution in [0.15, 0.2) is 0 Å². The largest absolute Gasteiger partial charge is 0.381 e. The van der Waals surface area contributed by atoms with E-state index in [0.29, 0.717) is 19.1 Å². The molecule has 2 fully saturated rings. The van der Waals surface area contributed by atoms with Crippen LogP contribution in [0.3, 0.4) is 0 Å². The van der Waals surface area contributed by atoms with Gasteiger partial charge in [-0.25, -0.2) is 0 Å². The molecule has 5 nitrogen and oxygen atoms in total. The first-order chi connectivity index (χ1) is 7.59. The van der Waals surface area contributed by atoms with E-state index in [2.05, 4.69) is 5.32 Å². The van der Waals surface area contributed by atoms with E-state index in [0.717, 1.165) is 13.0 Å². The first-order valence-electron chi connectivity index (χ1n) is 5.78. The van der Waals surface area contributed by atoms with Crippen LogP contribution >= 0.6 is 0 Å². The minimum Gasteiger partial charge on any atom is -0.381 e. The van der Waals surface area contributed by atoms with Gasteiger partial charge in [-0.3, -0.25) is 9.59 Å². The molecule has 3 unspecified atom stereocenters. The highest BCUT2D eigenvalue weighted by atomic mass is 16.5. The molecule has 2 aliphatic rings. The Balaban J connectivity index is 2.03. The molecule has 1 N–H and O–H groups in total. The second-order valence-corrected chi connectivity index (χ2v) is 4.63. The Bertz CT molecular complexity index is 300. The van der Waals surface area contributed by atoms with E-state index in [1.807, 2.05) is 0 Å². The van der Waals surface area contributed by atoms with E-state index in [1.165, 1.54) is 0 Å². The van der Waals surface area contributed by atoms with Gasteiger partial charge < -0.3 is 15.0 Å². The number of piperazine rings is 1. The van der Waals surface area contributed by atoms with Crippen molar-refractivity contribution in [3.8, 4) is 0 Å². The number of amides is 2. The van der Waals surface area contributed by atoms with E-state index in [1.54, 1.807) is 18.7 Å². The van der Waals surface area contributed by atoms with Crippen LogP contribution in [-0.4, -0.2) is 48.6 Å². The van der Waals surface area contributed by atoms with Crippen molar-refractivity contribution in [2.24, 2.45) is 5.92 Å². The van der Waals surface area contributed by atoms with Gasteiger partial charge in [0.1, 0.15) is 12.1 Å². The third-order valence-electron chi connectivity index (χ3n) is 3.34. The molecule has 5 heteroatoms. The second kappa shape index (κ2) is 4.41. The molecule has 0 spiro atoms. The number of hydrogen-bond donors (Lipinski definition) is 1. The molecule has 2 saturated heterocycles. The van der Waals surface area contributed by atoms with Crippen molar-refractivity contribution in [2.75, 3.05) is 19.8 Å². The summed E-state index contributed by atoms with van der Waals surface area (Å²) in [7, 11) is 0. The molecular formula is C11H18N2O3. The SMILES string of the molecule is CC1NC(=O)C(C)N(CC2CCOC2)C1=O. The summed E-state index contributed by atoms with van der Waals surface area (Å²) in [5.74, 6) is 0.328. The molecule has 0 aromatic heterocycles. The van der Waals surface area contributed by atoms with Crippen LogP contribution in [0.25, 0.3) is 0 Å². The zero-order valence-corrected chi connectivity index (χ0v) is 9.73. The van der Waals surface area contributed by atoms with Gasteiger partial charge in [0.2, 0.25) is 11.8 Å². The molecule has 0 aliphatic carbocycles. The molecule has 0 bridgehead atoms. The molecule has 90 valence electrons. The fraction of sp³-hybridized carbons (Fsp3) is 0.818. The van der Waals surface area contributed by atoms with Crippen molar-refractivity contribution in [3.63, 3.8) is 0 Å². The van der Waals surface area contributed by atoms with Crippen molar-refractivity contribution in [1.82, 2.24) is 10.2 Å². The maximum absolute atomic E-state index is 11.9. The predicted molar refractivity (Wildman–Crippen MR) is 57.7 cm³/mol. The summed E-state index contributed by atoms with van der Waals surface area (Å²) in [4.78, 5) is 25.2. The average molecular weight is 226 g/mol. The van der Waals surface area contributed by atoms with Gasteiger partial charge >= 0.3 is 0 Å². The Morgan fingerprint density at radius 2 is 2.19 bits per heavy atom. The van der Waals surface area contributed by atoms with E-state index >= 15 is 0 Å². The first-order valence-corrected chi connectivity index (χ1v) is 5.78. The zero-order chi connectivity index (χ0) is 11.7. The molecule has 0 aromatic rings. The smallest absolute Gasteiger partial charge is 0.245 e. The third-order valence-corrected chi connectivity index (χ3v) is 3.34. The number of rotatable bonds is 2. The summed E-state index contributed by atoms with van der Waals surface area (Å²) < 4.78 is 5.28. The zero-order valence-electron chi connectivity index (χ0n) is 9.73. The van der Waals surface area contributed by atoms with Gasteiger partial charge in [-0.05, 0) is 20.3 Å². The molecule has 16 heavy (non-hydrogen) atoms. The van der Waals surface area contributed by atoms with Crippen LogP contribution in [0, 0.1) is 5.92 Å². The lowest BCUT2D eigenvalue weighted by Crippen LogP contribution is -2.62. The molecule has 0 saturated carbocycles. The Kier molecular flexibility index (Phi) is 3.14. The van der Waals surface area contributed by atoms with Gasteiger partial charge in [0.15, 0.2) is 0 Å². The van der Waals surface area contributed by atoms with Crippen LogP contribution in [0.4, 0.5) is 0 Å². The summed E-state index contributed by atoms with van der Waals surface area (Å²) in [6, 6.07) is -0.754. The first kappa shape index (κ1) is 11.4. The van der Waals surface area contributed by atoms with E-state index in [-0.39, 0.29) is 17.9 Å². The van der Waals surface area contributed by atoms with Crippen LogP contribution in [-0.2, 0) is 14.3 Å². The van der Waals surface area contributed by atoms with E-state index in [4.69, 9.17) is 4.74 Å². The lowest BCUT2D eigenvalue weighted by molar-refractivity contribution is -0.148. The summed E-state index contributed by atoms with van der Waals surface area (Å²) >= 11 is 0. The van der Waals surface area contributed by atoms with E-state index in [9.17, 15) is 9.59 Å². The molecule has 2 heterocycles. The van der Waals surface area contributed by atoms with E-state index < -0.39 is 6.04 Å². The number of nitrogens with one attached hydrogen (secondary N) is 1. The highest BCUT2D eigenvalue weighted by Crippen LogP contribution is 2.18. The quantitative estimate of drug-likeness (QED) is 0.707. The third kappa shape index (κ3) is 2.04. The summed E-state index contributed by atoms with van der Waals surface area (Å²) in [5.41, 5.74) is 0. The summed E-state index contributed by atoms with van der Waals surface area (Å²) in [5, 5.41) is 2.67. The molecule has 2 rings (SSSR count). The van der Waals surface area contributed by atoms with Gasteiger partial charge in [0.05, 0.1) is 6.61 Å². The van der Waals surface area contributed by atoms with Gasteiger partial charge in [-0.1, -0.05) is 0 Å². The molecule has 3 atom stereocenters. The summed E-state index contributed by atoms with van der Waals surface area (Å²) in [6.07, 6.45) is 0.979. The minimum atomic E-state index is -0.397. The standard InChI is InChI=1S/C11H18N2O3/c1-7-11(15)13(8(2)10(14)12-7)5-9-3-4-16-6-9/h7-9H,3-6H2,1-2H3,(H,12,14). The van der Waals surface area contributed by atoms with Crippen molar-refractivity contribution in [1.29, 1.82) is 0 Å². The lowest BCUT2D eigenvalue weighted by atomic mass is 10.0. The van der Waals surface area contributed by atoms with Crippen molar-refractivity contribution in [3.05, 3.63) is 0 Å². The van der Waals surface area contributed by atoms with Crippen LogP contribution in [0.1, 0.15) is 20.3 Å². The highest BCUT2D eigenvalue weighted by Gasteiger charge is 2.37. The van der Waals surface area contributed by atoms with Crippen molar-refractivity contribution >= 4 is 11.8 Å². The number of carbonyl (C=O) groups excluding carboxylic acids is 2. The summed E-state index contributed by atoms with van der Waals surface area (Å²) in [6.45, 7) is 5.60. The number of ether oxygens (including phenoxy) is 1. The van der Waals surface area contributed by atoms with Crippen LogP contribution in [0.5, 0.6) is 0 Å². The van der Waals surface area contributed by atoms with Gasteiger partial charge in [0, 0.05) is 19.1 Å². The Morgan fingerprint density at radius 3 is 2.81 bits per heavy atom. The van der Waals surface area contributed by atoms with Crippen LogP contribution < -0.4 is 5.32 Å². The van der Waals surface area contributed by atoms with Crippen LogP contribution in [0.2, 0.25) is 0 Å². The topological polar surface area (TPSA) is 58.6 Å². The van der Waals surface area contributed by atoms with Gasteiger partial charge in [-0.15, -0.1) is 0 Å². The Hall–Kier alpha value is -1.10. The lowest BCUT2D eigenvalue weighted by Gasteiger charge is -2.37. The van der Waals surface area contributed by atoms with Gasteiger partial charge in [0.25, 0.3) is 0 Å². The fourth-order valence-electron chi connectivity index (χ4n) is 2.23. The number of hydrogen-bond acceptors (Lipinski definition) is 3. The average Bonchev–Trinajstić information content (AvgIpc) is 2.74. The number of carbonyl (C=O) groups is 2. The molecular weight excluding hydrogens is 208 g/mol.